The summed E-state index contributed by atoms with van der Waals surface area (Å²) in [4.78, 5) is 4.06. The van der Waals surface area contributed by atoms with Crippen molar-refractivity contribution >= 4 is 0 Å². The van der Waals surface area contributed by atoms with Crippen molar-refractivity contribution in [3.8, 4) is 5.75 Å². The summed E-state index contributed by atoms with van der Waals surface area (Å²) in [6, 6.07) is 2.07. The zero-order chi connectivity index (χ0) is 9.47. The van der Waals surface area contributed by atoms with Gasteiger partial charge in [0.25, 0.3) is 0 Å². The van der Waals surface area contributed by atoms with Crippen molar-refractivity contribution in [2.24, 2.45) is 5.92 Å². The molecule has 0 N–H and O–H groups in total. The Bertz CT molecular complexity index is 322. The summed E-state index contributed by atoms with van der Waals surface area (Å²) in [5.74, 6) is 1.55. The van der Waals surface area contributed by atoms with Crippen LogP contribution in [0.1, 0.15) is 26.3 Å². The Labute approximate surface area is 78.9 Å². The van der Waals surface area contributed by atoms with Gasteiger partial charge in [0, 0.05) is 17.2 Å². The molecule has 1 atom stereocenters. The summed E-state index contributed by atoms with van der Waals surface area (Å²) in [6.07, 6.45) is 3.65. The molecule has 1 aromatic heterocycles. The van der Waals surface area contributed by atoms with Crippen LogP contribution in [0.5, 0.6) is 5.75 Å². The van der Waals surface area contributed by atoms with Gasteiger partial charge in [0.1, 0.15) is 5.75 Å². The molecule has 0 aliphatic carbocycles. The lowest BCUT2D eigenvalue weighted by molar-refractivity contribution is 0.231. The summed E-state index contributed by atoms with van der Waals surface area (Å²) in [7, 11) is 0. The molecule has 0 saturated heterocycles. The molecule has 0 aromatic carbocycles. The van der Waals surface area contributed by atoms with E-state index in [-0.39, 0.29) is 5.41 Å². The third-order valence-electron chi connectivity index (χ3n) is 3.20. The largest absolute Gasteiger partial charge is 0.491 e. The lowest BCUT2D eigenvalue weighted by atomic mass is 9.75. The summed E-state index contributed by atoms with van der Waals surface area (Å²) < 4.78 is 5.61. The molecule has 2 heterocycles. The Morgan fingerprint density at radius 3 is 3.00 bits per heavy atom. The third kappa shape index (κ3) is 1.12. The van der Waals surface area contributed by atoms with Crippen LogP contribution in [0.2, 0.25) is 0 Å². The quantitative estimate of drug-likeness (QED) is 0.657. The van der Waals surface area contributed by atoms with Crippen LogP contribution in [-0.4, -0.2) is 11.6 Å². The minimum Gasteiger partial charge on any atom is -0.491 e. The standard InChI is InChI=1S/C11H15NO/c1-8(2)11(3)7-13-10-6-12-5-4-9(10)11/h4-6,8H,7H2,1-3H3. The zero-order valence-corrected chi connectivity index (χ0v) is 8.37. The van der Waals surface area contributed by atoms with Gasteiger partial charge in [-0.3, -0.25) is 4.98 Å². The number of nitrogens with zero attached hydrogens (tertiary/aromatic N) is 1. The minimum atomic E-state index is 0.165. The minimum absolute atomic E-state index is 0.165. The number of hydrogen-bond donors (Lipinski definition) is 0. The molecule has 0 amide bonds. The highest BCUT2D eigenvalue weighted by molar-refractivity contribution is 5.41. The Kier molecular flexibility index (Phi) is 1.79. The van der Waals surface area contributed by atoms with Gasteiger partial charge >= 0.3 is 0 Å². The number of pyridine rings is 1. The molecule has 0 bridgehead atoms. The molecule has 0 saturated carbocycles. The van der Waals surface area contributed by atoms with Crippen LogP contribution >= 0.6 is 0 Å². The number of fused-ring (bicyclic) bond motifs is 1. The van der Waals surface area contributed by atoms with Gasteiger partial charge in [0.15, 0.2) is 0 Å². The van der Waals surface area contributed by atoms with Crippen LogP contribution in [0.3, 0.4) is 0 Å². The third-order valence-corrected chi connectivity index (χ3v) is 3.20. The highest BCUT2D eigenvalue weighted by atomic mass is 16.5. The second kappa shape index (κ2) is 2.72. The summed E-state index contributed by atoms with van der Waals surface area (Å²) in [5, 5.41) is 0. The molecule has 13 heavy (non-hydrogen) atoms. The van der Waals surface area contributed by atoms with E-state index in [0.717, 1.165) is 12.4 Å². The SMILES string of the molecule is CC(C)C1(C)COc2cnccc21. The molecular formula is C11H15NO. The Morgan fingerprint density at radius 1 is 1.54 bits per heavy atom. The fraction of sp³-hybridized carbons (Fsp3) is 0.545. The van der Waals surface area contributed by atoms with Crippen molar-refractivity contribution in [3.63, 3.8) is 0 Å². The lowest BCUT2D eigenvalue weighted by Crippen LogP contribution is -2.30. The van der Waals surface area contributed by atoms with Crippen molar-refractivity contribution in [1.29, 1.82) is 0 Å². The fourth-order valence-corrected chi connectivity index (χ4v) is 1.75. The highest BCUT2D eigenvalue weighted by Crippen LogP contribution is 2.42. The second-order valence-electron chi connectivity index (χ2n) is 4.23. The molecule has 1 aliphatic rings. The van der Waals surface area contributed by atoms with E-state index in [9.17, 15) is 0 Å². The van der Waals surface area contributed by atoms with Gasteiger partial charge in [-0.2, -0.15) is 0 Å². The number of rotatable bonds is 1. The smallest absolute Gasteiger partial charge is 0.141 e. The highest BCUT2D eigenvalue weighted by Gasteiger charge is 2.38. The first-order valence-corrected chi connectivity index (χ1v) is 4.72. The molecule has 1 unspecified atom stereocenters. The van der Waals surface area contributed by atoms with Gasteiger partial charge in [0.2, 0.25) is 0 Å². The van der Waals surface area contributed by atoms with Gasteiger partial charge in [-0.05, 0) is 12.0 Å². The maximum Gasteiger partial charge on any atom is 0.141 e. The van der Waals surface area contributed by atoms with E-state index in [2.05, 4.69) is 31.8 Å². The van der Waals surface area contributed by atoms with E-state index < -0.39 is 0 Å². The first kappa shape index (κ1) is 8.54. The second-order valence-corrected chi connectivity index (χ2v) is 4.23. The van der Waals surface area contributed by atoms with Crippen molar-refractivity contribution < 1.29 is 4.74 Å². The first-order valence-electron chi connectivity index (χ1n) is 4.72. The van der Waals surface area contributed by atoms with Crippen LogP contribution in [-0.2, 0) is 5.41 Å². The molecular weight excluding hydrogens is 162 g/mol. The predicted octanol–water partition coefficient (Wildman–Crippen LogP) is 2.39. The normalized spacial score (nSPS) is 25.8. The Hall–Kier alpha value is -1.05. The molecule has 0 spiro atoms. The van der Waals surface area contributed by atoms with Crippen LogP contribution in [0.15, 0.2) is 18.5 Å². The number of aromatic nitrogens is 1. The average molecular weight is 177 g/mol. The summed E-state index contributed by atoms with van der Waals surface area (Å²) in [5.41, 5.74) is 1.47. The maximum atomic E-state index is 5.61. The molecule has 70 valence electrons. The molecule has 0 radical (unpaired) electrons. The molecule has 2 rings (SSSR count). The molecule has 0 fully saturated rings. The van der Waals surface area contributed by atoms with E-state index in [1.807, 2.05) is 12.4 Å². The van der Waals surface area contributed by atoms with Gasteiger partial charge in [-0.1, -0.05) is 20.8 Å². The average Bonchev–Trinajstić information content (AvgIpc) is 2.47. The Morgan fingerprint density at radius 2 is 2.31 bits per heavy atom. The van der Waals surface area contributed by atoms with Gasteiger partial charge < -0.3 is 4.74 Å². The van der Waals surface area contributed by atoms with Crippen molar-refractivity contribution in [2.75, 3.05) is 6.61 Å². The fourth-order valence-electron chi connectivity index (χ4n) is 1.75. The molecule has 1 aliphatic heterocycles. The van der Waals surface area contributed by atoms with E-state index in [1.165, 1.54) is 5.56 Å². The monoisotopic (exact) mass is 177 g/mol. The topological polar surface area (TPSA) is 22.1 Å². The van der Waals surface area contributed by atoms with E-state index in [4.69, 9.17) is 4.74 Å². The van der Waals surface area contributed by atoms with Gasteiger partial charge in [0.05, 0.1) is 12.8 Å². The zero-order valence-electron chi connectivity index (χ0n) is 8.37. The van der Waals surface area contributed by atoms with Gasteiger partial charge in [-0.15, -0.1) is 0 Å². The molecule has 2 heteroatoms. The lowest BCUT2D eigenvalue weighted by Gasteiger charge is -2.27. The van der Waals surface area contributed by atoms with Crippen molar-refractivity contribution in [3.05, 3.63) is 24.0 Å². The molecule has 2 nitrogen and oxygen atoms in total. The van der Waals surface area contributed by atoms with E-state index in [1.54, 1.807) is 0 Å². The van der Waals surface area contributed by atoms with Crippen molar-refractivity contribution in [2.45, 2.75) is 26.2 Å². The Balaban J connectivity index is 2.49. The number of hydrogen-bond acceptors (Lipinski definition) is 2. The summed E-state index contributed by atoms with van der Waals surface area (Å²) in [6.45, 7) is 7.51. The predicted molar refractivity (Wildman–Crippen MR) is 51.9 cm³/mol. The van der Waals surface area contributed by atoms with Crippen LogP contribution in [0.25, 0.3) is 0 Å². The van der Waals surface area contributed by atoms with Crippen molar-refractivity contribution in [1.82, 2.24) is 4.98 Å². The maximum absolute atomic E-state index is 5.61. The summed E-state index contributed by atoms with van der Waals surface area (Å²) >= 11 is 0. The van der Waals surface area contributed by atoms with E-state index in [0.29, 0.717) is 5.92 Å². The van der Waals surface area contributed by atoms with E-state index >= 15 is 0 Å². The van der Waals surface area contributed by atoms with Crippen LogP contribution in [0, 0.1) is 5.92 Å². The number of ether oxygens (including phenoxy) is 1. The molecule has 1 aromatic rings. The first-order chi connectivity index (χ1) is 6.14. The van der Waals surface area contributed by atoms with Crippen LogP contribution in [0.4, 0.5) is 0 Å². The van der Waals surface area contributed by atoms with Gasteiger partial charge in [-0.25, -0.2) is 0 Å². The van der Waals surface area contributed by atoms with Crippen LogP contribution < -0.4 is 4.74 Å².